The van der Waals surface area contributed by atoms with Crippen molar-refractivity contribution in [2.24, 2.45) is 0 Å². The molecule has 3 nitrogen and oxygen atoms in total. The number of H-pyrrole nitrogens is 1. The maximum absolute atomic E-state index is 3.82. The van der Waals surface area contributed by atoms with Gasteiger partial charge in [-0.3, -0.25) is 5.10 Å². The highest BCUT2D eigenvalue weighted by Gasteiger charge is 1.98. The van der Waals surface area contributed by atoms with Crippen LogP contribution in [0.3, 0.4) is 0 Å². The molecular formula is C5H8N3. The average molecular weight is 110 g/mol. The summed E-state index contributed by atoms with van der Waals surface area (Å²) in [5.74, 6) is 1.32. The zero-order valence-corrected chi connectivity index (χ0v) is 4.97. The third kappa shape index (κ3) is 0.857. The lowest BCUT2D eigenvalue weighted by atomic mass is 10.2. The number of rotatable bonds is 1. The van der Waals surface area contributed by atoms with Crippen LogP contribution >= 0.6 is 0 Å². The fourth-order valence-electron chi connectivity index (χ4n) is 0.444. The number of aromatic nitrogens is 3. The van der Waals surface area contributed by atoms with Crippen molar-refractivity contribution >= 4 is 0 Å². The molecule has 1 heterocycles. The molecule has 0 unspecified atom stereocenters. The average Bonchev–Trinajstić information content (AvgIpc) is 2.12. The Balaban J connectivity index is 2.77. The Hall–Kier alpha value is -0.860. The van der Waals surface area contributed by atoms with Gasteiger partial charge in [0.2, 0.25) is 6.33 Å². The SMILES string of the molecule is CC(C)c1n[c]n[nH]1. The molecule has 1 rings (SSSR count). The molecule has 3 heteroatoms. The smallest absolute Gasteiger partial charge is 0.220 e. The molecule has 0 saturated heterocycles. The van der Waals surface area contributed by atoms with Gasteiger partial charge in [0.15, 0.2) is 0 Å². The van der Waals surface area contributed by atoms with Crippen LogP contribution in [0.4, 0.5) is 0 Å². The Kier molecular flexibility index (Phi) is 1.28. The van der Waals surface area contributed by atoms with E-state index >= 15 is 0 Å². The summed E-state index contributed by atoms with van der Waals surface area (Å²) in [7, 11) is 0. The molecule has 1 aromatic heterocycles. The molecule has 43 valence electrons. The van der Waals surface area contributed by atoms with Crippen LogP contribution in [-0.2, 0) is 0 Å². The monoisotopic (exact) mass is 110 g/mol. The van der Waals surface area contributed by atoms with Crippen molar-refractivity contribution in [3.05, 3.63) is 12.2 Å². The Morgan fingerprint density at radius 3 is 2.62 bits per heavy atom. The standard InChI is InChI=1S/C5H8N3/c1-4(2)5-6-3-7-8-5/h4H,1-2H3,(H,6,7,8). The number of nitrogens with one attached hydrogen (secondary N) is 1. The molecule has 1 N–H and O–H groups in total. The van der Waals surface area contributed by atoms with E-state index in [-0.39, 0.29) is 0 Å². The van der Waals surface area contributed by atoms with E-state index in [0.717, 1.165) is 5.82 Å². The predicted molar refractivity (Wildman–Crippen MR) is 29.3 cm³/mol. The molecule has 1 radical (unpaired) electrons. The summed E-state index contributed by atoms with van der Waals surface area (Å²) in [6, 6.07) is 0. The largest absolute Gasteiger partial charge is 0.262 e. The van der Waals surface area contributed by atoms with Gasteiger partial charge in [-0.25, -0.2) is 4.98 Å². The Labute approximate surface area is 48.1 Å². The Morgan fingerprint density at radius 2 is 2.38 bits per heavy atom. The van der Waals surface area contributed by atoms with Crippen LogP contribution in [0.5, 0.6) is 0 Å². The molecule has 0 fully saturated rings. The molecule has 0 aliphatic heterocycles. The first-order valence-corrected chi connectivity index (χ1v) is 2.59. The van der Waals surface area contributed by atoms with Gasteiger partial charge in [0, 0.05) is 5.92 Å². The molecule has 0 spiro atoms. The van der Waals surface area contributed by atoms with Crippen LogP contribution in [0.2, 0.25) is 0 Å². The van der Waals surface area contributed by atoms with Crippen LogP contribution in [0.25, 0.3) is 0 Å². The third-order valence-electron chi connectivity index (χ3n) is 0.938. The van der Waals surface area contributed by atoms with Crippen LogP contribution in [0.15, 0.2) is 0 Å². The fraction of sp³-hybridized carbons (Fsp3) is 0.600. The highest BCUT2D eigenvalue weighted by molar-refractivity contribution is 4.85. The van der Waals surface area contributed by atoms with Crippen LogP contribution in [0.1, 0.15) is 25.6 Å². The molecule has 0 bridgehead atoms. The fourth-order valence-corrected chi connectivity index (χ4v) is 0.444. The molecule has 0 saturated carbocycles. The molecule has 0 aliphatic rings. The van der Waals surface area contributed by atoms with Gasteiger partial charge in [0.25, 0.3) is 0 Å². The van der Waals surface area contributed by atoms with E-state index in [4.69, 9.17) is 0 Å². The zero-order chi connectivity index (χ0) is 5.98. The molecule has 0 aliphatic carbocycles. The summed E-state index contributed by atoms with van der Waals surface area (Å²) in [5.41, 5.74) is 0. The summed E-state index contributed by atoms with van der Waals surface area (Å²) < 4.78 is 0. The summed E-state index contributed by atoms with van der Waals surface area (Å²) in [6.45, 7) is 4.10. The molecular weight excluding hydrogens is 102 g/mol. The molecule has 1 aromatic rings. The minimum atomic E-state index is 0.425. The first kappa shape index (κ1) is 5.28. The lowest BCUT2D eigenvalue weighted by Gasteiger charge is -1.93. The van der Waals surface area contributed by atoms with Crippen LogP contribution < -0.4 is 0 Å². The first-order valence-electron chi connectivity index (χ1n) is 2.59. The molecule has 0 aromatic carbocycles. The van der Waals surface area contributed by atoms with Gasteiger partial charge in [-0.1, -0.05) is 13.8 Å². The minimum absolute atomic E-state index is 0.425. The zero-order valence-electron chi connectivity index (χ0n) is 4.97. The summed E-state index contributed by atoms with van der Waals surface area (Å²) >= 11 is 0. The highest BCUT2D eigenvalue weighted by atomic mass is 15.2. The van der Waals surface area contributed by atoms with Gasteiger partial charge < -0.3 is 0 Å². The Morgan fingerprint density at radius 1 is 1.62 bits per heavy atom. The van der Waals surface area contributed by atoms with Gasteiger partial charge in [0.1, 0.15) is 5.82 Å². The van der Waals surface area contributed by atoms with Crippen molar-refractivity contribution < 1.29 is 0 Å². The number of aromatic amines is 1. The van der Waals surface area contributed by atoms with Crippen molar-refractivity contribution in [3.8, 4) is 0 Å². The van der Waals surface area contributed by atoms with Gasteiger partial charge in [-0.15, -0.1) is 5.10 Å². The van der Waals surface area contributed by atoms with Gasteiger partial charge >= 0.3 is 0 Å². The second-order valence-electron chi connectivity index (χ2n) is 1.98. The Bertz CT molecular complexity index is 143. The topological polar surface area (TPSA) is 41.6 Å². The summed E-state index contributed by atoms with van der Waals surface area (Å²) in [5, 5.41) is 6.30. The highest BCUT2D eigenvalue weighted by Crippen LogP contribution is 2.03. The maximum atomic E-state index is 3.82. The van der Waals surface area contributed by atoms with E-state index in [0.29, 0.717) is 5.92 Å². The molecule has 0 amide bonds. The van der Waals surface area contributed by atoms with Gasteiger partial charge in [0.05, 0.1) is 0 Å². The lowest BCUT2D eigenvalue weighted by molar-refractivity contribution is 0.781. The maximum Gasteiger partial charge on any atom is 0.220 e. The first-order chi connectivity index (χ1) is 3.80. The second kappa shape index (κ2) is 1.94. The summed E-state index contributed by atoms with van der Waals surface area (Å²) in [4.78, 5) is 3.82. The van der Waals surface area contributed by atoms with Crippen molar-refractivity contribution in [1.29, 1.82) is 0 Å². The quantitative estimate of drug-likeness (QED) is 0.579. The number of nitrogens with zero attached hydrogens (tertiary/aromatic N) is 2. The predicted octanol–water partition coefficient (Wildman–Crippen LogP) is 0.728. The second-order valence-corrected chi connectivity index (χ2v) is 1.98. The van der Waals surface area contributed by atoms with Gasteiger partial charge in [-0.05, 0) is 0 Å². The number of hydrogen-bond acceptors (Lipinski definition) is 2. The number of hydrogen-bond donors (Lipinski definition) is 1. The summed E-state index contributed by atoms with van der Waals surface area (Å²) in [6.07, 6.45) is 2.46. The van der Waals surface area contributed by atoms with E-state index in [1.54, 1.807) is 0 Å². The molecule has 0 atom stereocenters. The van der Waals surface area contributed by atoms with E-state index in [2.05, 4.69) is 21.5 Å². The van der Waals surface area contributed by atoms with E-state index in [1.165, 1.54) is 0 Å². The lowest BCUT2D eigenvalue weighted by Crippen LogP contribution is -1.88. The van der Waals surface area contributed by atoms with Crippen molar-refractivity contribution in [2.45, 2.75) is 19.8 Å². The van der Waals surface area contributed by atoms with E-state index < -0.39 is 0 Å². The van der Waals surface area contributed by atoms with Crippen LogP contribution in [-0.4, -0.2) is 15.2 Å². The van der Waals surface area contributed by atoms with Crippen molar-refractivity contribution in [2.75, 3.05) is 0 Å². The minimum Gasteiger partial charge on any atom is -0.262 e. The third-order valence-corrected chi connectivity index (χ3v) is 0.938. The van der Waals surface area contributed by atoms with Crippen molar-refractivity contribution in [1.82, 2.24) is 15.2 Å². The van der Waals surface area contributed by atoms with E-state index in [9.17, 15) is 0 Å². The van der Waals surface area contributed by atoms with E-state index in [1.807, 2.05) is 13.8 Å². The normalized spacial score (nSPS) is 10.4. The van der Waals surface area contributed by atoms with Crippen LogP contribution in [0, 0.1) is 6.33 Å². The van der Waals surface area contributed by atoms with Crippen molar-refractivity contribution in [3.63, 3.8) is 0 Å². The van der Waals surface area contributed by atoms with Gasteiger partial charge in [-0.2, -0.15) is 0 Å². The molecule has 8 heavy (non-hydrogen) atoms.